The predicted octanol–water partition coefficient (Wildman–Crippen LogP) is 2.29. The number of ether oxygens (including phenoxy) is 1. The number of hydrogen-bond acceptors (Lipinski definition) is 8. The lowest BCUT2D eigenvalue weighted by molar-refractivity contribution is -0.490. The second kappa shape index (κ2) is 10.6. The van der Waals surface area contributed by atoms with Crippen molar-refractivity contribution in [3.05, 3.63) is 34.4 Å². The van der Waals surface area contributed by atoms with Crippen LogP contribution < -0.4 is 5.32 Å². The number of nitriles is 1. The van der Waals surface area contributed by atoms with E-state index in [0.29, 0.717) is 10.6 Å². The molecule has 0 bridgehead atoms. The van der Waals surface area contributed by atoms with Crippen molar-refractivity contribution in [3.8, 4) is 6.07 Å². The summed E-state index contributed by atoms with van der Waals surface area (Å²) in [6.07, 6.45) is -0.0718. The van der Waals surface area contributed by atoms with Crippen molar-refractivity contribution in [2.24, 2.45) is 17.8 Å². The second-order valence-electron chi connectivity index (χ2n) is 6.79. The molecule has 1 aromatic rings. The van der Waals surface area contributed by atoms with E-state index in [1.165, 1.54) is 11.8 Å². The fourth-order valence-electron chi connectivity index (χ4n) is 3.38. The van der Waals surface area contributed by atoms with Gasteiger partial charge in [-0.05, 0) is 18.1 Å². The van der Waals surface area contributed by atoms with E-state index in [-0.39, 0.29) is 36.8 Å². The molecule has 1 aliphatic rings. The van der Waals surface area contributed by atoms with Gasteiger partial charge in [-0.1, -0.05) is 19.1 Å². The number of nitrogens with zero attached hydrogens (tertiary/aromatic N) is 2. The minimum atomic E-state index is -0.755. The van der Waals surface area contributed by atoms with E-state index in [1.54, 1.807) is 31.2 Å². The maximum atomic E-state index is 12.1. The molecule has 1 aliphatic carbocycles. The van der Waals surface area contributed by atoms with Crippen molar-refractivity contribution < 1.29 is 24.0 Å². The van der Waals surface area contributed by atoms with Gasteiger partial charge in [0.25, 0.3) is 5.91 Å². The van der Waals surface area contributed by atoms with Gasteiger partial charge < -0.3 is 10.1 Å². The highest BCUT2D eigenvalue weighted by atomic mass is 32.2. The topological polar surface area (TPSA) is 139 Å². The van der Waals surface area contributed by atoms with Crippen LogP contribution in [0.15, 0.2) is 29.2 Å². The molecule has 2 rings (SSSR count). The fourth-order valence-corrected chi connectivity index (χ4v) is 4.05. The Morgan fingerprint density at radius 3 is 2.83 bits per heavy atom. The highest BCUT2D eigenvalue weighted by Crippen LogP contribution is 2.36. The van der Waals surface area contributed by atoms with Gasteiger partial charge in [0, 0.05) is 28.1 Å². The summed E-state index contributed by atoms with van der Waals surface area (Å²) in [5, 5.41) is 22.1. The van der Waals surface area contributed by atoms with E-state index in [1.807, 2.05) is 6.07 Å². The number of carbonyl (C=O) groups excluding carboxylic acids is 3. The predicted molar refractivity (Wildman–Crippen MR) is 105 cm³/mol. The number of ketones is 1. The molecular weight excluding hydrogens is 398 g/mol. The first-order valence-electron chi connectivity index (χ1n) is 9.00. The summed E-state index contributed by atoms with van der Waals surface area (Å²) >= 11 is 1.26. The second-order valence-corrected chi connectivity index (χ2v) is 7.81. The van der Waals surface area contributed by atoms with Crippen LogP contribution in [0.5, 0.6) is 0 Å². The standard InChI is InChI=1S/C19H21N3O6S/c1-12-8-16(23)13(14(12)10-22(26)27)9-19(25)28-11-18(24)21-15-4-2-3-5-17(15)29-7-6-20/h2-5,12-14H,7-11H2,1H3,(H,21,24)/t12-,13-,14-/m1/s1. The Kier molecular flexibility index (Phi) is 8.15. The Hall–Kier alpha value is -2.93. The number of Topliss-reactive ketones (excluding diaryl/α,β-unsaturated/α-hetero) is 1. The zero-order valence-electron chi connectivity index (χ0n) is 15.8. The van der Waals surface area contributed by atoms with Crippen LogP contribution >= 0.6 is 11.8 Å². The van der Waals surface area contributed by atoms with Crippen molar-refractivity contribution in [1.82, 2.24) is 0 Å². The number of benzene rings is 1. The largest absolute Gasteiger partial charge is 0.456 e. The maximum Gasteiger partial charge on any atom is 0.307 e. The third-order valence-electron chi connectivity index (χ3n) is 4.75. The summed E-state index contributed by atoms with van der Waals surface area (Å²) in [5.41, 5.74) is 0.500. The number of nitrogens with one attached hydrogen (secondary N) is 1. The molecule has 1 saturated carbocycles. The molecule has 29 heavy (non-hydrogen) atoms. The number of para-hydroxylation sites is 1. The van der Waals surface area contributed by atoms with Crippen molar-refractivity contribution in [1.29, 1.82) is 5.26 Å². The number of carbonyl (C=O) groups is 3. The van der Waals surface area contributed by atoms with Crippen molar-refractivity contribution in [2.75, 3.05) is 24.2 Å². The summed E-state index contributed by atoms with van der Waals surface area (Å²) in [7, 11) is 0. The Bertz CT molecular complexity index is 837. The Morgan fingerprint density at radius 2 is 2.14 bits per heavy atom. The highest BCUT2D eigenvalue weighted by molar-refractivity contribution is 7.99. The smallest absolute Gasteiger partial charge is 0.307 e. The molecule has 154 valence electrons. The minimum absolute atomic E-state index is 0.170. The van der Waals surface area contributed by atoms with Crippen molar-refractivity contribution in [3.63, 3.8) is 0 Å². The van der Waals surface area contributed by atoms with Crippen LogP contribution in [0, 0.1) is 39.2 Å². The lowest BCUT2D eigenvalue weighted by Gasteiger charge is -2.17. The van der Waals surface area contributed by atoms with Crippen molar-refractivity contribution >= 4 is 35.1 Å². The molecule has 1 aromatic carbocycles. The van der Waals surface area contributed by atoms with Gasteiger partial charge in [0.15, 0.2) is 6.61 Å². The van der Waals surface area contributed by atoms with Crippen LogP contribution in [0.25, 0.3) is 0 Å². The monoisotopic (exact) mass is 419 g/mol. The molecule has 10 heteroatoms. The van der Waals surface area contributed by atoms with Gasteiger partial charge in [-0.2, -0.15) is 5.26 Å². The quantitative estimate of drug-likeness (QED) is 0.278. The summed E-state index contributed by atoms with van der Waals surface area (Å²) in [4.78, 5) is 47.3. The SMILES string of the molecule is C[C@@H]1CC(=O)[C@H](CC(=O)OCC(=O)Nc2ccccc2SCC#N)[C@@H]1C[N+](=O)[O-]. The van der Waals surface area contributed by atoms with Crippen molar-refractivity contribution in [2.45, 2.75) is 24.7 Å². The number of thioether (sulfide) groups is 1. The average molecular weight is 419 g/mol. The highest BCUT2D eigenvalue weighted by Gasteiger charge is 2.44. The third kappa shape index (κ3) is 6.57. The van der Waals surface area contributed by atoms with E-state index in [9.17, 15) is 24.5 Å². The number of amides is 1. The van der Waals surface area contributed by atoms with E-state index < -0.39 is 35.2 Å². The minimum Gasteiger partial charge on any atom is -0.456 e. The van der Waals surface area contributed by atoms with Crippen LogP contribution in [0.4, 0.5) is 5.69 Å². The van der Waals surface area contributed by atoms with E-state index >= 15 is 0 Å². The lowest BCUT2D eigenvalue weighted by Crippen LogP contribution is -2.28. The van der Waals surface area contributed by atoms with Crippen LogP contribution in [0.1, 0.15) is 19.8 Å². The Balaban J connectivity index is 1.87. The summed E-state index contributed by atoms with van der Waals surface area (Å²) in [6, 6.07) is 8.92. The number of hydrogen-bond donors (Lipinski definition) is 1. The van der Waals surface area contributed by atoms with Gasteiger partial charge >= 0.3 is 5.97 Å². The molecule has 0 spiro atoms. The van der Waals surface area contributed by atoms with Gasteiger partial charge in [0.1, 0.15) is 5.78 Å². The molecule has 0 saturated heterocycles. The van der Waals surface area contributed by atoms with Gasteiger partial charge in [-0.15, -0.1) is 11.8 Å². The van der Waals surface area contributed by atoms with Crippen LogP contribution in [0.3, 0.4) is 0 Å². The van der Waals surface area contributed by atoms with Crippen LogP contribution in [-0.2, 0) is 19.1 Å². The molecule has 9 nitrogen and oxygen atoms in total. The molecule has 0 heterocycles. The van der Waals surface area contributed by atoms with Gasteiger partial charge in [0.05, 0.1) is 23.9 Å². The zero-order chi connectivity index (χ0) is 21.4. The molecule has 3 atom stereocenters. The molecule has 1 amide bonds. The van der Waals surface area contributed by atoms with Gasteiger partial charge in [-0.25, -0.2) is 0 Å². The Morgan fingerprint density at radius 1 is 1.41 bits per heavy atom. The molecule has 0 unspecified atom stereocenters. The van der Waals surface area contributed by atoms with E-state index in [2.05, 4.69) is 5.32 Å². The van der Waals surface area contributed by atoms with E-state index in [4.69, 9.17) is 10.00 Å². The molecule has 0 aliphatic heterocycles. The molecule has 0 radical (unpaired) electrons. The summed E-state index contributed by atoms with van der Waals surface area (Å²) < 4.78 is 4.96. The first-order valence-corrected chi connectivity index (χ1v) is 9.99. The zero-order valence-corrected chi connectivity index (χ0v) is 16.6. The average Bonchev–Trinajstić information content (AvgIpc) is 2.92. The fraction of sp³-hybridized carbons (Fsp3) is 0.474. The normalized spacial score (nSPS) is 20.7. The molecular formula is C19H21N3O6S. The maximum absolute atomic E-state index is 12.1. The first-order chi connectivity index (χ1) is 13.8. The van der Waals surface area contributed by atoms with Gasteiger partial charge in [0.2, 0.25) is 6.54 Å². The first kappa shape index (κ1) is 22.4. The van der Waals surface area contributed by atoms with Crippen LogP contribution in [-0.4, -0.2) is 41.5 Å². The lowest BCUT2D eigenvalue weighted by atomic mass is 9.88. The van der Waals surface area contributed by atoms with E-state index in [0.717, 1.165) is 0 Å². The van der Waals surface area contributed by atoms with Crippen LogP contribution in [0.2, 0.25) is 0 Å². The number of nitro groups is 1. The number of rotatable bonds is 9. The summed E-state index contributed by atoms with van der Waals surface area (Å²) in [5.74, 6) is -2.70. The number of esters is 1. The summed E-state index contributed by atoms with van der Waals surface area (Å²) in [6.45, 7) is 0.849. The third-order valence-corrected chi connectivity index (χ3v) is 5.69. The Labute approximate surface area is 171 Å². The van der Waals surface area contributed by atoms with Gasteiger partial charge in [-0.3, -0.25) is 24.5 Å². The molecule has 1 N–H and O–H groups in total. The number of anilines is 1. The molecule has 1 fully saturated rings. The molecule has 0 aromatic heterocycles.